The van der Waals surface area contributed by atoms with Crippen LogP contribution in [0, 0.1) is 6.92 Å². The highest BCUT2D eigenvalue weighted by atomic mass is 16.5. The maximum atomic E-state index is 12.5. The third-order valence-corrected chi connectivity index (χ3v) is 4.13. The largest absolute Gasteiger partial charge is 0.462 e. The molecule has 0 aliphatic heterocycles. The fourth-order valence-corrected chi connectivity index (χ4v) is 2.75. The molecule has 5 heteroatoms. The minimum Gasteiger partial charge on any atom is -0.462 e. The van der Waals surface area contributed by atoms with Crippen molar-refractivity contribution in [3.63, 3.8) is 0 Å². The fourth-order valence-electron chi connectivity index (χ4n) is 2.75. The Bertz CT molecular complexity index is 938. The molecule has 3 rings (SSSR count). The van der Waals surface area contributed by atoms with Gasteiger partial charge >= 0.3 is 5.97 Å². The topological polar surface area (TPSA) is 64.1 Å². The molecule has 134 valence electrons. The Kier molecular flexibility index (Phi) is 5.46. The van der Waals surface area contributed by atoms with Gasteiger partial charge in [0.05, 0.1) is 12.3 Å². The van der Waals surface area contributed by atoms with Crippen molar-refractivity contribution in [3.8, 4) is 0 Å². The van der Waals surface area contributed by atoms with Gasteiger partial charge in [0, 0.05) is 23.0 Å². The normalized spacial score (nSPS) is 10.7. The molecule has 0 atom stereocenters. The summed E-state index contributed by atoms with van der Waals surface area (Å²) in [5.41, 5.74) is 4.71. The summed E-state index contributed by atoms with van der Waals surface area (Å²) in [5.74, 6) is -0.379. The van der Waals surface area contributed by atoms with Crippen LogP contribution in [0.5, 0.6) is 0 Å². The first-order valence-corrected chi connectivity index (χ1v) is 8.91. The lowest BCUT2D eigenvalue weighted by Gasteiger charge is -2.15. The second kappa shape index (κ2) is 7.95. The molecule has 0 bridgehead atoms. The molecule has 0 aliphatic rings. The van der Waals surface area contributed by atoms with Crippen molar-refractivity contribution in [2.45, 2.75) is 33.6 Å². The average molecular weight is 349 g/mol. The highest BCUT2D eigenvalue weighted by molar-refractivity contribution is 6.05. The Morgan fingerprint density at radius 3 is 2.81 bits per heavy atom. The van der Waals surface area contributed by atoms with E-state index in [2.05, 4.69) is 34.3 Å². The molecule has 0 amide bonds. The quantitative estimate of drug-likeness (QED) is 0.647. The van der Waals surface area contributed by atoms with Crippen molar-refractivity contribution >= 4 is 28.4 Å². The molecular weight excluding hydrogens is 326 g/mol. The number of carbonyl (C=O) groups is 1. The number of esters is 1. The van der Waals surface area contributed by atoms with E-state index >= 15 is 0 Å². The zero-order chi connectivity index (χ0) is 18.5. The van der Waals surface area contributed by atoms with Crippen LogP contribution >= 0.6 is 0 Å². The van der Waals surface area contributed by atoms with Crippen LogP contribution < -0.4 is 5.32 Å². The molecule has 0 radical (unpaired) electrons. The summed E-state index contributed by atoms with van der Waals surface area (Å²) in [6, 6.07) is 12.0. The zero-order valence-corrected chi connectivity index (χ0v) is 15.4. The van der Waals surface area contributed by atoms with Crippen LogP contribution in [0.15, 0.2) is 42.6 Å². The van der Waals surface area contributed by atoms with Gasteiger partial charge in [-0.2, -0.15) is 0 Å². The second-order valence-electron chi connectivity index (χ2n) is 6.19. The standard InChI is InChI=1S/C21H23N3O2/c1-4-11-26-21(25)18-13-22-20-17(10-9-14(3)23-20)19(18)24-16-8-6-7-15(5-2)12-16/h6-10,12-13H,4-5,11H2,1-3H3,(H,22,23,24). The van der Waals surface area contributed by atoms with E-state index in [-0.39, 0.29) is 5.97 Å². The van der Waals surface area contributed by atoms with E-state index in [1.165, 1.54) is 5.56 Å². The third-order valence-electron chi connectivity index (χ3n) is 4.13. The molecule has 0 saturated carbocycles. The number of ether oxygens (including phenoxy) is 1. The van der Waals surface area contributed by atoms with E-state index in [0.717, 1.165) is 29.6 Å². The summed E-state index contributed by atoms with van der Waals surface area (Å²) in [6.07, 6.45) is 3.26. The molecule has 0 fully saturated rings. The molecule has 0 saturated heterocycles. The first kappa shape index (κ1) is 17.9. The van der Waals surface area contributed by atoms with Crippen molar-refractivity contribution in [2.75, 3.05) is 11.9 Å². The minimum atomic E-state index is -0.379. The predicted molar refractivity (Wildman–Crippen MR) is 104 cm³/mol. The average Bonchev–Trinajstić information content (AvgIpc) is 2.66. The van der Waals surface area contributed by atoms with Crippen LogP contribution in [0.25, 0.3) is 11.0 Å². The van der Waals surface area contributed by atoms with Crippen molar-refractivity contribution in [3.05, 3.63) is 59.4 Å². The predicted octanol–water partition coefficient (Wildman–Crippen LogP) is 4.81. The van der Waals surface area contributed by atoms with Crippen LogP contribution in [-0.2, 0) is 11.2 Å². The Hall–Kier alpha value is -2.95. The molecule has 2 aromatic heterocycles. The Balaban J connectivity index is 2.10. The summed E-state index contributed by atoms with van der Waals surface area (Å²) in [5, 5.41) is 4.18. The van der Waals surface area contributed by atoms with Gasteiger partial charge in [-0.3, -0.25) is 0 Å². The van der Waals surface area contributed by atoms with Crippen LogP contribution in [0.4, 0.5) is 11.4 Å². The monoisotopic (exact) mass is 349 g/mol. The maximum absolute atomic E-state index is 12.5. The number of nitrogens with one attached hydrogen (secondary N) is 1. The highest BCUT2D eigenvalue weighted by Gasteiger charge is 2.18. The smallest absolute Gasteiger partial charge is 0.341 e. The number of benzene rings is 1. The number of fused-ring (bicyclic) bond motifs is 1. The van der Waals surface area contributed by atoms with Gasteiger partial charge in [0.25, 0.3) is 0 Å². The lowest BCUT2D eigenvalue weighted by molar-refractivity contribution is 0.0506. The highest BCUT2D eigenvalue weighted by Crippen LogP contribution is 2.29. The van der Waals surface area contributed by atoms with Crippen LogP contribution in [-0.4, -0.2) is 22.5 Å². The number of aromatic nitrogens is 2. The van der Waals surface area contributed by atoms with Gasteiger partial charge in [-0.05, 0) is 49.6 Å². The summed E-state index contributed by atoms with van der Waals surface area (Å²) >= 11 is 0. The summed E-state index contributed by atoms with van der Waals surface area (Å²) in [4.78, 5) is 21.4. The van der Waals surface area contributed by atoms with Crippen molar-refractivity contribution in [1.82, 2.24) is 9.97 Å². The van der Waals surface area contributed by atoms with E-state index in [9.17, 15) is 4.79 Å². The van der Waals surface area contributed by atoms with Crippen molar-refractivity contribution in [2.24, 2.45) is 0 Å². The molecule has 2 heterocycles. The Morgan fingerprint density at radius 1 is 1.19 bits per heavy atom. The van der Waals surface area contributed by atoms with Crippen molar-refractivity contribution < 1.29 is 9.53 Å². The first-order valence-electron chi connectivity index (χ1n) is 8.91. The number of aryl methyl sites for hydroxylation is 2. The molecule has 0 unspecified atom stereocenters. The van der Waals surface area contributed by atoms with Gasteiger partial charge in [0.15, 0.2) is 5.65 Å². The van der Waals surface area contributed by atoms with E-state index < -0.39 is 0 Å². The van der Waals surface area contributed by atoms with Crippen LogP contribution in [0.1, 0.15) is 41.9 Å². The summed E-state index contributed by atoms with van der Waals surface area (Å²) in [7, 11) is 0. The fraction of sp³-hybridized carbons (Fsp3) is 0.286. The molecule has 26 heavy (non-hydrogen) atoms. The van der Waals surface area contributed by atoms with Gasteiger partial charge in [-0.25, -0.2) is 14.8 Å². The number of hydrogen-bond acceptors (Lipinski definition) is 5. The van der Waals surface area contributed by atoms with Crippen LogP contribution in [0.3, 0.4) is 0 Å². The van der Waals surface area contributed by atoms with Gasteiger partial charge in [-0.1, -0.05) is 26.0 Å². The number of pyridine rings is 2. The Morgan fingerprint density at radius 2 is 2.04 bits per heavy atom. The molecule has 5 nitrogen and oxygen atoms in total. The lowest BCUT2D eigenvalue weighted by Crippen LogP contribution is -2.10. The van der Waals surface area contributed by atoms with Crippen molar-refractivity contribution in [1.29, 1.82) is 0 Å². The number of rotatable bonds is 6. The lowest BCUT2D eigenvalue weighted by atomic mass is 10.1. The molecule has 0 aliphatic carbocycles. The van der Waals surface area contributed by atoms with Gasteiger partial charge < -0.3 is 10.1 Å². The summed E-state index contributed by atoms with van der Waals surface area (Å²) < 4.78 is 5.33. The first-order chi connectivity index (χ1) is 12.6. The summed E-state index contributed by atoms with van der Waals surface area (Å²) in [6.45, 7) is 6.38. The second-order valence-corrected chi connectivity index (χ2v) is 6.19. The van der Waals surface area contributed by atoms with E-state index in [1.807, 2.05) is 38.1 Å². The van der Waals surface area contributed by atoms with Gasteiger partial charge in [0.1, 0.15) is 5.56 Å². The number of nitrogens with zero attached hydrogens (tertiary/aromatic N) is 2. The number of carbonyl (C=O) groups excluding carboxylic acids is 1. The van der Waals surface area contributed by atoms with E-state index in [1.54, 1.807) is 6.20 Å². The van der Waals surface area contributed by atoms with E-state index in [4.69, 9.17) is 4.74 Å². The minimum absolute atomic E-state index is 0.379. The number of anilines is 2. The molecule has 3 aromatic rings. The molecular formula is C21H23N3O2. The molecule has 1 N–H and O–H groups in total. The number of hydrogen-bond donors (Lipinski definition) is 1. The molecule has 0 spiro atoms. The SMILES string of the molecule is CCCOC(=O)c1cnc2nc(C)ccc2c1Nc1cccc(CC)c1. The third kappa shape index (κ3) is 3.82. The van der Waals surface area contributed by atoms with Crippen LogP contribution in [0.2, 0.25) is 0 Å². The molecule has 1 aromatic carbocycles. The van der Waals surface area contributed by atoms with Gasteiger partial charge in [0.2, 0.25) is 0 Å². The Labute approximate surface area is 153 Å². The maximum Gasteiger partial charge on any atom is 0.341 e. The van der Waals surface area contributed by atoms with E-state index in [0.29, 0.717) is 23.5 Å². The van der Waals surface area contributed by atoms with Gasteiger partial charge in [-0.15, -0.1) is 0 Å². The zero-order valence-electron chi connectivity index (χ0n) is 15.4.